The summed E-state index contributed by atoms with van der Waals surface area (Å²) in [5, 5.41) is 0. The quantitative estimate of drug-likeness (QED) is 0.670. The van der Waals surface area contributed by atoms with Crippen LogP contribution in [0.3, 0.4) is 0 Å². The van der Waals surface area contributed by atoms with Crippen LogP contribution >= 0.6 is 0 Å². The molecule has 0 aliphatic carbocycles. The van der Waals surface area contributed by atoms with E-state index in [2.05, 4.69) is 0 Å². The number of benzene rings is 2. The van der Waals surface area contributed by atoms with Crippen molar-refractivity contribution in [2.45, 2.75) is 37.6 Å². The molecule has 2 atom stereocenters. The smallest absolute Gasteiger partial charge is 0.338 e. The van der Waals surface area contributed by atoms with Gasteiger partial charge in [-0.2, -0.15) is 4.31 Å². The highest BCUT2D eigenvalue weighted by molar-refractivity contribution is 7.89. The minimum Gasteiger partial charge on any atom is -0.497 e. The summed E-state index contributed by atoms with van der Waals surface area (Å²) in [7, 11) is -2.06. The number of sulfonamides is 1. The topological polar surface area (TPSA) is 82.1 Å². The van der Waals surface area contributed by atoms with Crippen LogP contribution in [0.2, 0.25) is 0 Å². The third-order valence-electron chi connectivity index (χ3n) is 4.64. The van der Waals surface area contributed by atoms with Crippen molar-refractivity contribution in [2.24, 2.45) is 0 Å². The molecule has 8 heteroatoms. The average Bonchev–Trinajstić information content (AvgIpc) is 2.71. The second-order valence-electron chi connectivity index (χ2n) is 7.03. The maximum Gasteiger partial charge on any atom is 0.338 e. The summed E-state index contributed by atoms with van der Waals surface area (Å²) in [6.45, 7) is 4.42. The Morgan fingerprint density at radius 2 is 1.62 bits per heavy atom. The summed E-state index contributed by atoms with van der Waals surface area (Å²) in [4.78, 5) is 12.4. The first kappa shape index (κ1) is 21.3. The fraction of sp³-hybridized carbons (Fsp3) is 0.381. The molecular weight excluding hydrogens is 394 g/mol. The number of morpholine rings is 1. The maximum absolute atomic E-state index is 12.9. The van der Waals surface area contributed by atoms with E-state index >= 15 is 0 Å². The third-order valence-corrected chi connectivity index (χ3v) is 6.49. The van der Waals surface area contributed by atoms with Crippen molar-refractivity contribution in [2.75, 3.05) is 20.2 Å². The third kappa shape index (κ3) is 5.14. The summed E-state index contributed by atoms with van der Waals surface area (Å²) in [5.41, 5.74) is 1.12. The number of carbonyl (C=O) groups is 1. The van der Waals surface area contributed by atoms with E-state index in [1.807, 2.05) is 26.0 Å². The summed E-state index contributed by atoms with van der Waals surface area (Å²) in [6.07, 6.45) is -0.332. The monoisotopic (exact) mass is 419 g/mol. The van der Waals surface area contributed by atoms with Gasteiger partial charge in [-0.1, -0.05) is 12.1 Å². The fourth-order valence-electron chi connectivity index (χ4n) is 3.19. The Morgan fingerprint density at radius 3 is 2.17 bits per heavy atom. The molecule has 2 aromatic rings. The molecule has 1 aliphatic rings. The van der Waals surface area contributed by atoms with E-state index in [0.717, 1.165) is 11.3 Å². The first-order chi connectivity index (χ1) is 13.8. The van der Waals surface area contributed by atoms with Crippen LogP contribution in [0.25, 0.3) is 0 Å². The van der Waals surface area contributed by atoms with Crippen molar-refractivity contribution in [1.82, 2.24) is 4.31 Å². The van der Waals surface area contributed by atoms with Gasteiger partial charge in [-0.25, -0.2) is 13.2 Å². The number of ether oxygens (including phenoxy) is 3. The van der Waals surface area contributed by atoms with E-state index in [1.165, 1.54) is 28.6 Å². The Labute approximate surface area is 171 Å². The van der Waals surface area contributed by atoms with Gasteiger partial charge in [-0.3, -0.25) is 0 Å². The summed E-state index contributed by atoms with van der Waals surface area (Å²) in [5.74, 6) is 0.208. The van der Waals surface area contributed by atoms with Crippen LogP contribution in [0.15, 0.2) is 53.4 Å². The minimum atomic E-state index is -3.64. The molecule has 0 radical (unpaired) electrons. The van der Waals surface area contributed by atoms with E-state index in [4.69, 9.17) is 14.2 Å². The van der Waals surface area contributed by atoms with E-state index in [-0.39, 0.29) is 23.7 Å². The lowest BCUT2D eigenvalue weighted by molar-refractivity contribution is -0.0440. The summed E-state index contributed by atoms with van der Waals surface area (Å²) < 4.78 is 43.1. The van der Waals surface area contributed by atoms with Gasteiger partial charge in [0.15, 0.2) is 0 Å². The number of rotatable bonds is 6. The van der Waals surface area contributed by atoms with Crippen LogP contribution < -0.4 is 4.74 Å². The van der Waals surface area contributed by atoms with E-state index in [1.54, 1.807) is 19.2 Å². The maximum atomic E-state index is 12.9. The molecule has 7 nitrogen and oxygen atoms in total. The largest absolute Gasteiger partial charge is 0.497 e. The van der Waals surface area contributed by atoms with Gasteiger partial charge in [0.25, 0.3) is 0 Å². The lowest BCUT2D eigenvalue weighted by atomic mass is 10.2. The Kier molecular flexibility index (Phi) is 6.56. The molecule has 0 spiro atoms. The lowest BCUT2D eigenvalue weighted by Gasteiger charge is -2.34. The number of methoxy groups -OCH3 is 1. The van der Waals surface area contributed by atoms with Gasteiger partial charge in [0.2, 0.25) is 10.0 Å². The van der Waals surface area contributed by atoms with Crippen LogP contribution in [0, 0.1) is 0 Å². The van der Waals surface area contributed by atoms with Gasteiger partial charge < -0.3 is 14.2 Å². The first-order valence-electron chi connectivity index (χ1n) is 9.35. The Balaban J connectivity index is 1.64. The van der Waals surface area contributed by atoms with Crippen molar-refractivity contribution in [3.63, 3.8) is 0 Å². The van der Waals surface area contributed by atoms with Crippen molar-refractivity contribution < 1.29 is 27.4 Å². The molecule has 156 valence electrons. The highest BCUT2D eigenvalue weighted by atomic mass is 32.2. The molecule has 0 amide bonds. The number of carbonyl (C=O) groups excluding carboxylic acids is 1. The van der Waals surface area contributed by atoms with Gasteiger partial charge in [0, 0.05) is 13.1 Å². The molecule has 0 bridgehead atoms. The lowest BCUT2D eigenvalue weighted by Crippen LogP contribution is -2.48. The van der Waals surface area contributed by atoms with Gasteiger partial charge in [-0.15, -0.1) is 0 Å². The number of nitrogens with zero attached hydrogens (tertiary/aromatic N) is 1. The van der Waals surface area contributed by atoms with Crippen LogP contribution in [-0.2, 0) is 26.1 Å². The zero-order valence-corrected chi connectivity index (χ0v) is 17.5. The average molecular weight is 419 g/mol. The molecule has 3 rings (SSSR count). The Bertz CT molecular complexity index is 930. The van der Waals surface area contributed by atoms with E-state index in [9.17, 15) is 13.2 Å². The normalized spacial score (nSPS) is 20.2. The highest BCUT2D eigenvalue weighted by Gasteiger charge is 2.32. The van der Waals surface area contributed by atoms with Crippen molar-refractivity contribution in [1.29, 1.82) is 0 Å². The zero-order valence-electron chi connectivity index (χ0n) is 16.7. The van der Waals surface area contributed by atoms with Crippen LogP contribution in [0.4, 0.5) is 0 Å². The van der Waals surface area contributed by atoms with Crippen molar-refractivity contribution in [3.8, 4) is 5.75 Å². The SMILES string of the molecule is COc1ccc(COC(=O)c2ccc(S(=O)(=O)N3C[C@@H](C)O[C@@H](C)C3)cc2)cc1. The van der Waals surface area contributed by atoms with Crippen molar-refractivity contribution >= 4 is 16.0 Å². The molecule has 2 aromatic carbocycles. The van der Waals surface area contributed by atoms with Gasteiger partial charge >= 0.3 is 5.97 Å². The summed E-state index contributed by atoms with van der Waals surface area (Å²) in [6, 6.07) is 13.0. The zero-order chi connectivity index (χ0) is 21.0. The molecule has 1 aliphatic heterocycles. The minimum absolute atomic E-state index is 0.117. The highest BCUT2D eigenvalue weighted by Crippen LogP contribution is 2.22. The predicted octanol–water partition coefficient (Wildman–Crippen LogP) is 2.85. The molecule has 0 N–H and O–H groups in total. The molecule has 1 saturated heterocycles. The first-order valence-corrected chi connectivity index (χ1v) is 10.8. The molecule has 0 aromatic heterocycles. The second-order valence-corrected chi connectivity index (χ2v) is 8.97. The Morgan fingerprint density at radius 1 is 1.03 bits per heavy atom. The molecular formula is C21H25NO6S. The summed E-state index contributed by atoms with van der Waals surface area (Å²) >= 11 is 0. The number of hydrogen-bond donors (Lipinski definition) is 0. The second kappa shape index (κ2) is 8.94. The van der Waals surface area contributed by atoms with Crippen LogP contribution in [-0.4, -0.2) is 51.1 Å². The fourth-order valence-corrected chi connectivity index (χ4v) is 4.78. The predicted molar refractivity (Wildman–Crippen MR) is 107 cm³/mol. The van der Waals surface area contributed by atoms with E-state index < -0.39 is 16.0 Å². The number of esters is 1. The van der Waals surface area contributed by atoms with E-state index in [0.29, 0.717) is 18.7 Å². The molecule has 29 heavy (non-hydrogen) atoms. The molecule has 1 heterocycles. The van der Waals surface area contributed by atoms with Gasteiger partial charge in [0.05, 0.1) is 29.8 Å². The van der Waals surface area contributed by atoms with Crippen molar-refractivity contribution in [3.05, 3.63) is 59.7 Å². The molecule has 1 fully saturated rings. The molecule has 0 saturated carbocycles. The molecule has 0 unspecified atom stereocenters. The Hall–Kier alpha value is -2.42. The van der Waals surface area contributed by atoms with Crippen LogP contribution in [0.1, 0.15) is 29.8 Å². The number of hydrogen-bond acceptors (Lipinski definition) is 6. The van der Waals surface area contributed by atoms with Gasteiger partial charge in [-0.05, 0) is 55.8 Å². The van der Waals surface area contributed by atoms with Crippen LogP contribution in [0.5, 0.6) is 5.75 Å². The standard InChI is InChI=1S/C21H25NO6S/c1-15-12-22(13-16(2)28-15)29(24,25)20-10-6-18(7-11-20)21(23)27-14-17-4-8-19(26-3)9-5-17/h4-11,15-16H,12-14H2,1-3H3/t15-,16+. The van der Waals surface area contributed by atoms with Gasteiger partial charge in [0.1, 0.15) is 12.4 Å².